The third-order valence-corrected chi connectivity index (χ3v) is 6.94. The number of allylic oxidation sites excluding steroid dienone is 1. The van der Waals surface area contributed by atoms with Gasteiger partial charge in [0.25, 0.3) is 0 Å². The van der Waals surface area contributed by atoms with Gasteiger partial charge in [-0.05, 0) is 11.6 Å². The van der Waals surface area contributed by atoms with Crippen molar-refractivity contribution in [1.29, 1.82) is 10.5 Å². The minimum atomic E-state index is -3.07. The zero-order valence-corrected chi connectivity index (χ0v) is 17.6. The van der Waals surface area contributed by atoms with Gasteiger partial charge in [-0.25, -0.2) is 8.78 Å². The molecule has 2 rings (SSSR count). The average Bonchev–Trinajstić information content (AvgIpc) is 2.80. The van der Waals surface area contributed by atoms with Gasteiger partial charge in [0.05, 0.1) is 5.56 Å². The number of hydrogen-bond acceptors (Lipinski definition) is 6. The number of rotatable bonds is 8. The summed E-state index contributed by atoms with van der Waals surface area (Å²) in [5, 5.41) is 18.0. The van der Waals surface area contributed by atoms with E-state index < -0.39 is 55.6 Å². The largest absolute Gasteiger partial charge is 0.536 e. The Bertz CT molecular complexity index is 1020. The maximum absolute atomic E-state index is 14.3. The van der Waals surface area contributed by atoms with Crippen LogP contribution in [0.1, 0.15) is 11.1 Å². The number of nitrogens with zero attached hydrogens (tertiary/aromatic N) is 2. The molecule has 0 saturated heterocycles. The van der Waals surface area contributed by atoms with Crippen LogP contribution in [0.5, 0.6) is 5.75 Å². The first-order valence-electron chi connectivity index (χ1n) is 8.54. The molecule has 6 nitrogen and oxygen atoms in total. The second-order valence-corrected chi connectivity index (χ2v) is 8.85. The van der Waals surface area contributed by atoms with Crippen LogP contribution < -0.4 is 9.92 Å². The van der Waals surface area contributed by atoms with E-state index in [0.717, 1.165) is 0 Å². The van der Waals surface area contributed by atoms with Gasteiger partial charge in [-0.1, -0.05) is 24.3 Å². The summed E-state index contributed by atoms with van der Waals surface area (Å²) in [4.78, 5) is 0. The van der Waals surface area contributed by atoms with Crippen LogP contribution in [0.3, 0.4) is 0 Å². The molecule has 0 heterocycles. The fraction of sp³-hybridized carbons (Fsp3) is 0.200. The van der Waals surface area contributed by atoms with Crippen LogP contribution in [-0.2, 0) is 19.9 Å². The van der Waals surface area contributed by atoms with Gasteiger partial charge in [0.15, 0.2) is 17.4 Å². The Morgan fingerprint density at radius 2 is 1.35 bits per heavy atom. The Balaban J connectivity index is 2.32. The topological polar surface area (TPSA) is 84.5 Å². The maximum atomic E-state index is 14.3. The molecule has 11 heteroatoms. The molecule has 2 aromatic rings. The lowest BCUT2D eigenvalue weighted by molar-refractivity contribution is 0.140. The molecule has 0 radical (unpaired) electrons. The summed E-state index contributed by atoms with van der Waals surface area (Å²) < 4.78 is 77.9. The highest BCUT2D eigenvalue weighted by atomic mass is 28.4. The normalized spacial score (nSPS) is 10.9. The Labute approximate surface area is 176 Å². The molecule has 0 aromatic heterocycles. The van der Waals surface area contributed by atoms with Crippen molar-refractivity contribution in [2.75, 3.05) is 21.3 Å². The van der Waals surface area contributed by atoms with Crippen molar-refractivity contribution in [2.24, 2.45) is 0 Å². The monoisotopic (exact) mass is 452 g/mol. The first kappa shape index (κ1) is 24.1. The molecule has 0 fully saturated rings. The van der Waals surface area contributed by atoms with Gasteiger partial charge in [-0.15, -0.1) is 0 Å². The quantitative estimate of drug-likeness (QED) is 0.264. The molecule has 0 aliphatic carbocycles. The molecule has 0 N–H and O–H groups in total. The number of ether oxygens (including phenoxy) is 1. The van der Waals surface area contributed by atoms with Gasteiger partial charge in [0.1, 0.15) is 24.3 Å². The van der Waals surface area contributed by atoms with E-state index in [9.17, 15) is 17.6 Å². The van der Waals surface area contributed by atoms with Crippen LogP contribution in [0.25, 0.3) is 6.08 Å². The van der Waals surface area contributed by atoms with E-state index in [4.69, 9.17) is 28.5 Å². The first-order valence-corrected chi connectivity index (χ1v) is 10.3. The zero-order chi connectivity index (χ0) is 23.2. The number of benzene rings is 2. The highest BCUT2D eigenvalue weighted by molar-refractivity contribution is 6.75. The molecule has 0 aliphatic rings. The fourth-order valence-electron chi connectivity index (χ4n) is 2.68. The molecule has 0 aliphatic heterocycles. The zero-order valence-electron chi connectivity index (χ0n) is 16.6. The Hall–Kier alpha value is -3.22. The summed E-state index contributed by atoms with van der Waals surface area (Å²) in [6.07, 6.45) is 0.414. The molecule has 0 bridgehead atoms. The third kappa shape index (κ3) is 4.76. The predicted molar refractivity (Wildman–Crippen MR) is 103 cm³/mol. The van der Waals surface area contributed by atoms with E-state index in [-0.39, 0.29) is 0 Å². The van der Waals surface area contributed by atoms with Crippen molar-refractivity contribution in [2.45, 2.75) is 6.61 Å². The van der Waals surface area contributed by atoms with Gasteiger partial charge < -0.3 is 18.0 Å². The molecule has 0 atom stereocenters. The van der Waals surface area contributed by atoms with Crippen molar-refractivity contribution in [3.05, 3.63) is 64.2 Å². The summed E-state index contributed by atoms with van der Waals surface area (Å²) >= 11 is 0. The summed E-state index contributed by atoms with van der Waals surface area (Å²) in [7, 11) is 1.22. The van der Waals surface area contributed by atoms with Crippen molar-refractivity contribution >= 4 is 20.1 Å². The van der Waals surface area contributed by atoms with E-state index >= 15 is 0 Å². The molecule has 0 unspecified atom stereocenters. The van der Waals surface area contributed by atoms with Crippen LogP contribution in [0.15, 0.2) is 29.8 Å². The number of nitriles is 2. The highest BCUT2D eigenvalue weighted by Gasteiger charge is 2.40. The van der Waals surface area contributed by atoms with Crippen molar-refractivity contribution in [3.63, 3.8) is 0 Å². The van der Waals surface area contributed by atoms with Gasteiger partial charge in [0.2, 0.25) is 11.6 Å². The lowest BCUT2D eigenvalue weighted by Crippen LogP contribution is -2.54. The van der Waals surface area contributed by atoms with E-state index in [0.29, 0.717) is 16.8 Å². The van der Waals surface area contributed by atoms with E-state index in [1.807, 2.05) is 0 Å². The minimum Gasteiger partial charge on any atom is -0.483 e. The molecule has 0 amide bonds. The third-order valence-electron chi connectivity index (χ3n) is 4.28. The van der Waals surface area contributed by atoms with Gasteiger partial charge in [-0.3, -0.25) is 0 Å². The van der Waals surface area contributed by atoms with Gasteiger partial charge in [0, 0.05) is 26.5 Å². The Morgan fingerprint density at radius 3 is 1.77 bits per heavy atom. The van der Waals surface area contributed by atoms with E-state index in [1.165, 1.54) is 33.5 Å². The van der Waals surface area contributed by atoms with Gasteiger partial charge in [-0.2, -0.15) is 19.3 Å². The smallest absolute Gasteiger partial charge is 0.483 e. The van der Waals surface area contributed by atoms with Crippen LogP contribution in [0.4, 0.5) is 17.6 Å². The predicted octanol–water partition coefficient (Wildman–Crippen LogP) is 3.34. The molecular weight excluding hydrogens is 436 g/mol. The lowest BCUT2D eigenvalue weighted by Gasteiger charge is -2.24. The molecule has 0 spiro atoms. The standard InChI is InChI=1S/C20H16F4N2O4Si/c1-27-31(28-2,29-3)14-6-4-12(5-7-14)11-30-20-18(23)16(21)15(17(22)19(20)24)8-13(9-25)10-26/h4-8H,11H2,1-3H3. The lowest BCUT2D eigenvalue weighted by atomic mass is 10.1. The van der Waals surface area contributed by atoms with Crippen LogP contribution in [0.2, 0.25) is 0 Å². The Morgan fingerprint density at radius 1 is 0.871 bits per heavy atom. The second-order valence-electron chi connectivity index (χ2n) is 5.93. The summed E-state index contributed by atoms with van der Waals surface area (Å²) in [5.74, 6) is -8.42. The summed E-state index contributed by atoms with van der Waals surface area (Å²) in [6.45, 7) is -0.411. The van der Waals surface area contributed by atoms with Gasteiger partial charge >= 0.3 is 8.80 Å². The average molecular weight is 452 g/mol. The number of hydrogen-bond donors (Lipinski definition) is 0. The van der Waals surface area contributed by atoms with Crippen molar-refractivity contribution in [3.8, 4) is 17.9 Å². The molecular formula is C20H16F4N2O4Si. The Kier molecular flexibility index (Phi) is 7.91. The second kappa shape index (κ2) is 10.2. The summed E-state index contributed by atoms with van der Waals surface area (Å²) in [6, 6.07) is 8.99. The molecule has 31 heavy (non-hydrogen) atoms. The van der Waals surface area contributed by atoms with Crippen LogP contribution >= 0.6 is 0 Å². The molecule has 0 saturated carbocycles. The number of halogens is 4. The highest BCUT2D eigenvalue weighted by Crippen LogP contribution is 2.31. The molecule has 162 valence electrons. The fourth-order valence-corrected chi connectivity index (χ4v) is 4.46. The van der Waals surface area contributed by atoms with Crippen molar-refractivity contribution < 1.29 is 35.6 Å². The van der Waals surface area contributed by atoms with E-state index in [2.05, 4.69) is 0 Å². The minimum absolute atomic E-state index is 0.411. The van der Waals surface area contributed by atoms with Crippen molar-refractivity contribution in [1.82, 2.24) is 0 Å². The summed E-state index contributed by atoms with van der Waals surface area (Å²) in [5.41, 5.74) is -1.49. The SMILES string of the molecule is CO[Si](OC)(OC)c1ccc(COc2c(F)c(F)c(C=C(C#N)C#N)c(F)c2F)cc1. The first-order chi connectivity index (χ1) is 14.8. The van der Waals surface area contributed by atoms with Crippen LogP contribution in [-0.4, -0.2) is 30.1 Å². The van der Waals surface area contributed by atoms with E-state index in [1.54, 1.807) is 24.3 Å². The van der Waals surface area contributed by atoms with Crippen LogP contribution in [0, 0.1) is 45.9 Å². The maximum Gasteiger partial charge on any atom is 0.536 e. The molecule has 2 aromatic carbocycles.